The fourth-order valence-corrected chi connectivity index (χ4v) is 4.16. The maximum Gasteiger partial charge on any atom is 0.409 e. The lowest BCUT2D eigenvalue weighted by atomic mass is 10.1. The molecule has 0 bridgehead atoms. The second-order valence-electron chi connectivity index (χ2n) is 7.13. The number of nitrogens with one attached hydrogen (secondary N) is 1. The molecule has 0 spiro atoms. The van der Waals surface area contributed by atoms with Crippen LogP contribution in [0.2, 0.25) is 0 Å². The summed E-state index contributed by atoms with van der Waals surface area (Å²) in [6, 6.07) is 11.8. The van der Waals surface area contributed by atoms with Gasteiger partial charge in [0.15, 0.2) is 0 Å². The van der Waals surface area contributed by atoms with Crippen LogP contribution in [0, 0.1) is 5.82 Å². The zero-order chi connectivity index (χ0) is 21.3. The van der Waals surface area contributed by atoms with E-state index in [0.29, 0.717) is 30.1 Å². The van der Waals surface area contributed by atoms with E-state index in [1.54, 1.807) is 36.2 Å². The number of thioether (sulfide) groups is 1. The van der Waals surface area contributed by atoms with Gasteiger partial charge in [0.25, 0.3) is 5.24 Å². The van der Waals surface area contributed by atoms with E-state index in [1.807, 2.05) is 12.1 Å². The number of rotatable bonds is 6. The number of carbonyl (C=O) groups excluding carboxylic acids is 3. The standard InChI is InChI=1S/C21H19FN2O5S/c1-24-14(11-28-21(24)27)8-12-2-5-15(6-3-12)29-16-7-4-13(17(22)10-16)9-18-19(25)23-20(26)30-18/h2-7,10,14,18H,8-9,11H2,1H3,(H,23,25,26). The van der Waals surface area contributed by atoms with Crippen molar-refractivity contribution < 1.29 is 28.2 Å². The highest BCUT2D eigenvalue weighted by atomic mass is 32.2. The molecule has 0 saturated carbocycles. The molecule has 2 fully saturated rings. The molecule has 0 aliphatic carbocycles. The molecule has 0 radical (unpaired) electrons. The molecule has 2 aromatic rings. The Bertz CT molecular complexity index is 997. The molecule has 2 aliphatic heterocycles. The number of nitrogens with zero attached hydrogens (tertiary/aromatic N) is 1. The van der Waals surface area contributed by atoms with Crippen molar-refractivity contribution in [1.29, 1.82) is 0 Å². The number of ether oxygens (including phenoxy) is 2. The van der Waals surface area contributed by atoms with E-state index < -0.39 is 22.2 Å². The molecule has 2 atom stereocenters. The molecule has 7 nitrogen and oxygen atoms in total. The summed E-state index contributed by atoms with van der Waals surface area (Å²) in [5.41, 5.74) is 1.37. The summed E-state index contributed by atoms with van der Waals surface area (Å²) in [6.45, 7) is 0.369. The van der Waals surface area contributed by atoms with Crippen LogP contribution in [0.1, 0.15) is 11.1 Å². The first-order chi connectivity index (χ1) is 14.4. The Morgan fingerprint density at radius 3 is 2.47 bits per heavy atom. The lowest BCUT2D eigenvalue weighted by molar-refractivity contribution is -0.118. The Hall–Kier alpha value is -3.07. The van der Waals surface area contributed by atoms with Crippen LogP contribution >= 0.6 is 11.8 Å². The summed E-state index contributed by atoms with van der Waals surface area (Å²) in [5, 5.41) is 1.16. The van der Waals surface area contributed by atoms with Crippen molar-refractivity contribution in [3.63, 3.8) is 0 Å². The van der Waals surface area contributed by atoms with Gasteiger partial charge in [-0.2, -0.15) is 0 Å². The highest BCUT2D eigenvalue weighted by Gasteiger charge is 2.32. The Labute approximate surface area is 176 Å². The van der Waals surface area contributed by atoms with Crippen molar-refractivity contribution in [2.45, 2.75) is 24.1 Å². The zero-order valence-electron chi connectivity index (χ0n) is 16.1. The molecule has 0 aromatic heterocycles. The lowest BCUT2D eigenvalue weighted by Gasteiger charge is -2.16. The Morgan fingerprint density at radius 2 is 1.87 bits per heavy atom. The van der Waals surface area contributed by atoms with Crippen LogP contribution < -0.4 is 10.1 Å². The Balaban J connectivity index is 1.37. The largest absolute Gasteiger partial charge is 0.457 e. The minimum absolute atomic E-state index is 0.00122. The van der Waals surface area contributed by atoms with Crippen LogP contribution in [0.5, 0.6) is 11.5 Å². The molecule has 9 heteroatoms. The van der Waals surface area contributed by atoms with Crippen molar-refractivity contribution in [2.75, 3.05) is 13.7 Å². The number of amides is 3. The van der Waals surface area contributed by atoms with Crippen molar-refractivity contribution in [3.8, 4) is 11.5 Å². The first kappa shape index (κ1) is 20.2. The number of hydrogen-bond acceptors (Lipinski definition) is 6. The van der Waals surface area contributed by atoms with Crippen LogP contribution in [-0.2, 0) is 22.4 Å². The van der Waals surface area contributed by atoms with Crippen LogP contribution in [-0.4, -0.2) is 47.1 Å². The number of benzene rings is 2. The molecule has 2 aromatic carbocycles. The van der Waals surface area contributed by atoms with Crippen molar-refractivity contribution >= 4 is 29.0 Å². The van der Waals surface area contributed by atoms with E-state index >= 15 is 0 Å². The van der Waals surface area contributed by atoms with Crippen molar-refractivity contribution in [3.05, 3.63) is 59.4 Å². The van der Waals surface area contributed by atoms with Gasteiger partial charge in [0.1, 0.15) is 23.9 Å². The summed E-state index contributed by atoms with van der Waals surface area (Å²) in [4.78, 5) is 35.9. The predicted molar refractivity (Wildman–Crippen MR) is 108 cm³/mol. The van der Waals surface area contributed by atoms with Gasteiger partial charge in [-0.15, -0.1) is 0 Å². The molecule has 156 valence electrons. The monoisotopic (exact) mass is 430 g/mol. The molecule has 4 rings (SSSR count). The van der Waals surface area contributed by atoms with E-state index in [0.717, 1.165) is 17.3 Å². The van der Waals surface area contributed by atoms with Gasteiger partial charge in [-0.05, 0) is 42.2 Å². The molecule has 2 aliphatic rings. The van der Waals surface area contributed by atoms with Gasteiger partial charge in [0.05, 0.1) is 11.3 Å². The molecular weight excluding hydrogens is 411 g/mol. The highest BCUT2D eigenvalue weighted by Crippen LogP contribution is 2.28. The summed E-state index contributed by atoms with van der Waals surface area (Å²) in [7, 11) is 1.71. The molecular formula is C21H19FN2O5S. The quantitative estimate of drug-likeness (QED) is 0.755. The van der Waals surface area contributed by atoms with E-state index in [9.17, 15) is 18.8 Å². The molecule has 30 heavy (non-hydrogen) atoms. The summed E-state index contributed by atoms with van der Waals surface area (Å²) in [6.07, 6.45) is 0.482. The van der Waals surface area contributed by atoms with Crippen molar-refractivity contribution in [2.24, 2.45) is 0 Å². The van der Waals surface area contributed by atoms with E-state index in [-0.39, 0.29) is 18.6 Å². The highest BCUT2D eigenvalue weighted by molar-refractivity contribution is 8.15. The second kappa shape index (κ2) is 8.35. The third-order valence-corrected chi connectivity index (χ3v) is 6.04. The molecule has 3 amide bonds. The minimum Gasteiger partial charge on any atom is -0.457 e. The van der Waals surface area contributed by atoms with Crippen molar-refractivity contribution in [1.82, 2.24) is 10.2 Å². The van der Waals surface area contributed by atoms with Crippen LogP contribution in [0.25, 0.3) is 0 Å². The fourth-order valence-electron chi connectivity index (χ4n) is 3.31. The van der Waals surface area contributed by atoms with Gasteiger partial charge < -0.3 is 14.4 Å². The predicted octanol–water partition coefficient (Wildman–Crippen LogP) is 3.51. The molecule has 2 unspecified atom stereocenters. The first-order valence-electron chi connectivity index (χ1n) is 9.35. The first-order valence-corrected chi connectivity index (χ1v) is 10.2. The number of carbonyl (C=O) groups is 3. The van der Waals surface area contributed by atoms with Crippen LogP contribution in [0.15, 0.2) is 42.5 Å². The van der Waals surface area contributed by atoms with Gasteiger partial charge >= 0.3 is 6.09 Å². The van der Waals surface area contributed by atoms with E-state index in [4.69, 9.17) is 9.47 Å². The smallest absolute Gasteiger partial charge is 0.409 e. The van der Waals surface area contributed by atoms with E-state index in [2.05, 4.69) is 5.32 Å². The molecule has 2 saturated heterocycles. The minimum atomic E-state index is -0.620. The molecule has 1 N–H and O–H groups in total. The average Bonchev–Trinajstić information content (AvgIpc) is 3.20. The second-order valence-corrected chi connectivity index (χ2v) is 8.31. The summed E-state index contributed by atoms with van der Waals surface area (Å²) in [5.74, 6) is -0.0113. The number of hydrogen-bond donors (Lipinski definition) is 1. The third-order valence-electron chi connectivity index (χ3n) is 5.06. The van der Waals surface area contributed by atoms with Gasteiger partial charge in [-0.1, -0.05) is 30.0 Å². The fraction of sp³-hybridized carbons (Fsp3) is 0.286. The lowest BCUT2D eigenvalue weighted by Crippen LogP contribution is -2.30. The maximum absolute atomic E-state index is 14.4. The topological polar surface area (TPSA) is 84.9 Å². The zero-order valence-corrected chi connectivity index (χ0v) is 16.9. The number of cyclic esters (lactones) is 1. The third kappa shape index (κ3) is 4.40. The van der Waals surface area contributed by atoms with Gasteiger partial charge in [0.2, 0.25) is 5.91 Å². The SMILES string of the molecule is CN1C(=O)OCC1Cc1ccc(Oc2ccc(CC3SC(=O)NC3=O)c(F)c2)cc1. The normalized spacial score (nSPS) is 21.0. The number of halogens is 1. The summed E-state index contributed by atoms with van der Waals surface area (Å²) >= 11 is 0.870. The van der Waals surface area contributed by atoms with Gasteiger partial charge in [0, 0.05) is 13.1 Å². The van der Waals surface area contributed by atoms with Crippen LogP contribution in [0.4, 0.5) is 14.0 Å². The van der Waals surface area contributed by atoms with Crippen LogP contribution in [0.3, 0.4) is 0 Å². The Morgan fingerprint density at radius 1 is 1.13 bits per heavy atom. The maximum atomic E-state index is 14.4. The number of imide groups is 1. The van der Waals surface area contributed by atoms with Gasteiger partial charge in [-0.25, -0.2) is 9.18 Å². The Kier molecular flexibility index (Phi) is 5.63. The molecule has 2 heterocycles. The van der Waals surface area contributed by atoms with E-state index in [1.165, 1.54) is 6.07 Å². The summed E-state index contributed by atoms with van der Waals surface area (Å²) < 4.78 is 25.2. The number of likely N-dealkylation sites (N-methyl/N-ethyl adjacent to an activating group) is 1. The van der Waals surface area contributed by atoms with Gasteiger partial charge in [-0.3, -0.25) is 14.9 Å². The average molecular weight is 430 g/mol.